The van der Waals surface area contributed by atoms with Gasteiger partial charge in [0.05, 0.1) is 0 Å². The number of alkyl halides is 1. The van der Waals surface area contributed by atoms with Gasteiger partial charge in [-0.2, -0.15) is 0 Å². The third-order valence-electron chi connectivity index (χ3n) is 3.16. The van der Waals surface area contributed by atoms with Crippen LogP contribution in [0.3, 0.4) is 0 Å². The fourth-order valence-corrected chi connectivity index (χ4v) is 2.85. The predicted octanol–water partition coefficient (Wildman–Crippen LogP) is 2.87. The molecule has 3 nitrogen and oxygen atoms in total. The van der Waals surface area contributed by atoms with E-state index < -0.39 is 0 Å². The molecule has 0 atom stereocenters. The predicted molar refractivity (Wildman–Crippen MR) is 78.2 cm³/mol. The van der Waals surface area contributed by atoms with E-state index in [9.17, 15) is 9.59 Å². The molecule has 0 N–H and O–H groups in total. The Labute approximate surface area is 118 Å². The van der Waals surface area contributed by atoms with Crippen molar-refractivity contribution in [2.75, 3.05) is 11.0 Å². The van der Waals surface area contributed by atoms with Crippen molar-refractivity contribution in [3.8, 4) is 0 Å². The third-order valence-corrected chi connectivity index (χ3v) is 3.65. The smallest absolute Gasteiger partial charge is 0.261 e. The summed E-state index contributed by atoms with van der Waals surface area (Å²) in [5, 5.41) is 1.74. The van der Waals surface area contributed by atoms with Crippen molar-refractivity contribution in [3.63, 3.8) is 0 Å². The summed E-state index contributed by atoms with van der Waals surface area (Å²) in [6.45, 7) is 0.461. The highest BCUT2D eigenvalue weighted by Crippen LogP contribution is 2.29. The van der Waals surface area contributed by atoms with Gasteiger partial charge in [0.25, 0.3) is 11.8 Å². The Bertz CT molecular complexity index is 615. The summed E-state index contributed by atoms with van der Waals surface area (Å²) in [5.74, 6) is -0.359. The quantitative estimate of drug-likeness (QED) is 0.474. The Morgan fingerprint density at radius 1 is 0.944 bits per heavy atom. The summed E-state index contributed by atoms with van der Waals surface area (Å²) < 4.78 is 0.743. The van der Waals surface area contributed by atoms with Crippen LogP contribution in [0.4, 0.5) is 0 Å². The van der Waals surface area contributed by atoms with Gasteiger partial charge in [0, 0.05) is 27.5 Å². The van der Waals surface area contributed by atoms with Gasteiger partial charge in [-0.15, -0.1) is 0 Å². The van der Waals surface area contributed by atoms with Crippen molar-refractivity contribution < 1.29 is 9.59 Å². The Morgan fingerprint density at radius 2 is 1.50 bits per heavy atom. The van der Waals surface area contributed by atoms with Gasteiger partial charge in [-0.25, -0.2) is 0 Å². The van der Waals surface area contributed by atoms with Crippen molar-refractivity contribution >= 4 is 45.2 Å². The van der Waals surface area contributed by atoms with Crippen LogP contribution in [0.25, 0.3) is 10.8 Å². The molecule has 1 aliphatic heterocycles. The lowest BCUT2D eigenvalue weighted by atomic mass is 9.94. The van der Waals surface area contributed by atoms with E-state index in [0.29, 0.717) is 17.7 Å². The minimum Gasteiger partial charge on any atom is -0.274 e. The number of hydrogen-bond acceptors (Lipinski definition) is 2. The number of rotatable bonds is 2. The molecule has 0 spiro atoms. The van der Waals surface area contributed by atoms with Crippen LogP contribution in [-0.2, 0) is 0 Å². The molecule has 0 unspecified atom stereocenters. The summed E-state index contributed by atoms with van der Waals surface area (Å²) in [6, 6.07) is 11.2. The van der Waals surface area contributed by atoms with Crippen molar-refractivity contribution in [1.82, 2.24) is 4.90 Å². The Balaban J connectivity index is 2.32. The molecule has 0 bridgehead atoms. The van der Waals surface area contributed by atoms with Crippen LogP contribution in [0.2, 0.25) is 0 Å². The molecule has 0 aromatic heterocycles. The van der Waals surface area contributed by atoms with Gasteiger partial charge in [-0.3, -0.25) is 14.5 Å². The minimum atomic E-state index is -0.180. The largest absolute Gasteiger partial charge is 0.274 e. The van der Waals surface area contributed by atoms with Crippen molar-refractivity contribution in [1.29, 1.82) is 0 Å². The molecule has 0 radical (unpaired) electrons. The molecule has 0 saturated carbocycles. The molecule has 0 saturated heterocycles. The van der Waals surface area contributed by atoms with E-state index in [1.807, 2.05) is 24.3 Å². The van der Waals surface area contributed by atoms with Crippen molar-refractivity contribution in [3.05, 3.63) is 47.5 Å². The van der Waals surface area contributed by atoms with Crippen molar-refractivity contribution in [2.24, 2.45) is 0 Å². The van der Waals surface area contributed by atoms with Crippen LogP contribution in [0.5, 0.6) is 0 Å². The van der Waals surface area contributed by atoms with E-state index >= 15 is 0 Å². The fraction of sp³-hybridized carbons (Fsp3) is 0.143. The maximum atomic E-state index is 12.3. The Morgan fingerprint density at radius 3 is 2.00 bits per heavy atom. The van der Waals surface area contributed by atoms with E-state index in [1.165, 1.54) is 4.90 Å². The normalized spacial score (nSPS) is 14.4. The summed E-state index contributed by atoms with van der Waals surface area (Å²) in [6.07, 6.45) is 0. The number of nitrogens with zero attached hydrogens (tertiary/aromatic N) is 1. The summed E-state index contributed by atoms with van der Waals surface area (Å²) in [5.41, 5.74) is 1.26. The molecule has 90 valence electrons. The number of carbonyl (C=O) groups excluding carboxylic acids is 2. The highest BCUT2D eigenvalue weighted by atomic mass is 127. The van der Waals surface area contributed by atoms with E-state index in [4.69, 9.17) is 0 Å². The van der Waals surface area contributed by atoms with Crippen LogP contribution in [-0.4, -0.2) is 27.7 Å². The monoisotopic (exact) mass is 351 g/mol. The van der Waals surface area contributed by atoms with Gasteiger partial charge in [0.2, 0.25) is 0 Å². The van der Waals surface area contributed by atoms with Crippen LogP contribution < -0.4 is 0 Å². The maximum Gasteiger partial charge on any atom is 0.261 e. The Kier molecular flexibility index (Phi) is 2.81. The van der Waals surface area contributed by atoms with Crippen LogP contribution >= 0.6 is 22.6 Å². The molecule has 1 aliphatic rings. The van der Waals surface area contributed by atoms with E-state index in [2.05, 4.69) is 22.6 Å². The molecular formula is C14H10INO2. The van der Waals surface area contributed by atoms with E-state index in [-0.39, 0.29) is 11.8 Å². The van der Waals surface area contributed by atoms with E-state index in [1.54, 1.807) is 12.1 Å². The second kappa shape index (κ2) is 4.35. The van der Waals surface area contributed by atoms with Gasteiger partial charge in [-0.1, -0.05) is 46.9 Å². The lowest BCUT2D eigenvalue weighted by Crippen LogP contribution is -2.41. The number of halogens is 1. The molecule has 2 aromatic rings. The molecule has 4 heteroatoms. The molecular weight excluding hydrogens is 341 g/mol. The molecule has 1 heterocycles. The molecule has 18 heavy (non-hydrogen) atoms. The zero-order chi connectivity index (χ0) is 12.7. The Hall–Kier alpha value is -1.43. The number of carbonyl (C=O) groups is 2. The molecule has 2 aromatic carbocycles. The van der Waals surface area contributed by atoms with Gasteiger partial charge in [-0.05, 0) is 17.5 Å². The highest BCUT2D eigenvalue weighted by Gasteiger charge is 2.31. The third kappa shape index (κ3) is 1.55. The molecule has 2 amide bonds. The van der Waals surface area contributed by atoms with Gasteiger partial charge >= 0.3 is 0 Å². The zero-order valence-corrected chi connectivity index (χ0v) is 11.7. The second-order valence-corrected chi connectivity index (χ2v) is 5.24. The van der Waals surface area contributed by atoms with Crippen molar-refractivity contribution in [2.45, 2.75) is 0 Å². The first-order chi connectivity index (χ1) is 8.74. The van der Waals surface area contributed by atoms with Crippen LogP contribution in [0.15, 0.2) is 36.4 Å². The maximum absolute atomic E-state index is 12.3. The second-order valence-electron chi connectivity index (χ2n) is 4.16. The molecule has 3 rings (SSSR count). The lowest BCUT2D eigenvalue weighted by molar-refractivity contribution is 0.0622. The lowest BCUT2D eigenvalue weighted by Gasteiger charge is -2.26. The number of imide groups is 1. The number of hydrogen-bond donors (Lipinski definition) is 0. The number of benzene rings is 2. The van der Waals surface area contributed by atoms with Gasteiger partial charge < -0.3 is 0 Å². The summed E-state index contributed by atoms with van der Waals surface area (Å²) >= 11 is 2.17. The zero-order valence-electron chi connectivity index (χ0n) is 9.52. The van der Waals surface area contributed by atoms with Crippen LogP contribution in [0, 0.1) is 0 Å². The van der Waals surface area contributed by atoms with Crippen LogP contribution in [0.1, 0.15) is 20.7 Å². The molecule has 0 fully saturated rings. The summed E-state index contributed by atoms with van der Waals surface area (Å²) in [7, 11) is 0. The number of amides is 2. The minimum absolute atomic E-state index is 0.180. The van der Waals surface area contributed by atoms with E-state index in [0.717, 1.165) is 15.2 Å². The average molecular weight is 351 g/mol. The average Bonchev–Trinajstić information content (AvgIpc) is 2.40. The first-order valence-electron chi connectivity index (χ1n) is 5.68. The first-order valence-corrected chi connectivity index (χ1v) is 7.20. The van der Waals surface area contributed by atoms with Gasteiger partial charge in [0.1, 0.15) is 0 Å². The summed E-state index contributed by atoms with van der Waals surface area (Å²) in [4.78, 5) is 25.9. The highest BCUT2D eigenvalue weighted by molar-refractivity contribution is 14.1. The standard InChI is InChI=1S/C14H10INO2/c15-7-8-16-13(17)10-5-1-3-9-4-2-6-11(12(9)10)14(16)18/h1-6H,7-8H2. The van der Waals surface area contributed by atoms with Gasteiger partial charge in [0.15, 0.2) is 0 Å². The SMILES string of the molecule is O=C1c2cccc3cccc(c23)C(=O)N1CCI. The first kappa shape index (κ1) is 11.6. The topological polar surface area (TPSA) is 37.4 Å². The fourth-order valence-electron chi connectivity index (χ4n) is 2.37. The molecule has 0 aliphatic carbocycles.